The molecule has 0 spiro atoms. The van der Waals surface area contributed by atoms with E-state index in [1.165, 1.54) is 44.8 Å². The van der Waals surface area contributed by atoms with Crippen LogP contribution in [0.3, 0.4) is 0 Å². The van der Waals surface area contributed by atoms with Gasteiger partial charge in [0.2, 0.25) is 5.69 Å². The summed E-state index contributed by atoms with van der Waals surface area (Å²) in [4.78, 5) is 22.3. The minimum absolute atomic E-state index is 0.130. The van der Waals surface area contributed by atoms with E-state index in [0.717, 1.165) is 61.2 Å². The molecule has 1 heterocycles. The predicted molar refractivity (Wildman–Crippen MR) is 201 cm³/mol. The van der Waals surface area contributed by atoms with Crippen molar-refractivity contribution in [1.82, 2.24) is 0 Å². The second kappa shape index (κ2) is 15.0. The van der Waals surface area contributed by atoms with E-state index >= 15 is 0 Å². The summed E-state index contributed by atoms with van der Waals surface area (Å²) >= 11 is 7.22. The zero-order valence-electron chi connectivity index (χ0n) is 30.2. The molecule has 0 fully saturated rings. The van der Waals surface area contributed by atoms with Crippen LogP contribution < -0.4 is 0 Å². The number of carbonyl (C=O) groups is 2. The Balaban J connectivity index is 1.46. The van der Waals surface area contributed by atoms with Gasteiger partial charge < -0.3 is 10.2 Å². The fraction of sp³-hybridized carbons (Fsp3) is 0.465. The number of unbranched alkanes of at least 4 members (excludes halogenated alkanes) is 2. The van der Waals surface area contributed by atoms with E-state index in [2.05, 4.69) is 107 Å². The highest BCUT2D eigenvalue weighted by Gasteiger charge is 2.44. The van der Waals surface area contributed by atoms with Crippen LogP contribution in [0.25, 0.3) is 0 Å². The van der Waals surface area contributed by atoms with Gasteiger partial charge in [-0.25, -0.2) is 0 Å². The van der Waals surface area contributed by atoms with Gasteiger partial charge in [0.15, 0.2) is 5.71 Å². The molecule has 0 saturated carbocycles. The van der Waals surface area contributed by atoms with Crippen LogP contribution in [-0.2, 0) is 20.4 Å². The molecule has 2 aliphatic carbocycles. The molecule has 0 radical (unpaired) electrons. The summed E-state index contributed by atoms with van der Waals surface area (Å²) < 4.78 is 2.38. The molecule has 5 nitrogen and oxygen atoms in total. The number of rotatable bonds is 13. The number of aliphatic carboxylic acids is 2. The van der Waals surface area contributed by atoms with Crippen molar-refractivity contribution in [3.8, 4) is 0 Å². The van der Waals surface area contributed by atoms with Crippen LogP contribution in [0.5, 0.6) is 0 Å². The largest absolute Gasteiger partial charge is 0.481 e. The molecule has 0 saturated heterocycles. The molecule has 1 unspecified atom stereocenters. The van der Waals surface area contributed by atoms with Crippen LogP contribution >= 0.6 is 11.6 Å². The van der Waals surface area contributed by atoms with Gasteiger partial charge in [0.05, 0.1) is 5.41 Å². The first-order valence-electron chi connectivity index (χ1n) is 18.0. The van der Waals surface area contributed by atoms with Gasteiger partial charge in [-0.15, -0.1) is 0 Å². The average molecular weight is 683 g/mol. The lowest BCUT2D eigenvalue weighted by atomic mass is 9.79. The molecule has 6 heteroatoms. The molecule has 0 amide bonds. The maximum absolute atomic E-state index is 11.2. The number of hydrogen-bond donors (Lipinski definition) is 2. The number of nitrogens with zero attached hydrogens (tertiary/aromatic N) is 1. The molecule has 3 aliphatic rings. The van der Waals surface area contributed by atoms with Crippen LogP contribution in [0.1, 0.15) is 126 Å². The van der Waals surface area contributed by atoms with Gasteiger partial charge in [-0.1, -0.05) is 91.1 Å². The van der Waals surface area contributed by atoms with Crippen molar-refractivity contribution in [3.05, 3.63) is 110 Å². The van der Waals surface area contributed by atoms with Gasteiger partial charge in [0, 0.05) is 53.3 Å². The second-order valence-electron chi connectivity index (χ2n) is 15.3. The van der Waals surface area contributed by atoms with Crippen molar-refractivity contribution >= 4 is 34.9 Å². The Morgan fingerprint density at radius 2 is 1.49 bits per heavy atom. The van der Waals surface area contributed by atoms with Crippen LogP contribution in [0, 0.1) is 13.8 Å². The van der Waals surface area contributed by atoms with E-state index in [1.807, 2.05) is 0 Å². The Morgan fingerprint density at radius 3 is 2.18 bits per heavy atom. The lowest BCUT2D eigenvalue weighted by Gasteiger charge is -2.25. The molecule has 1 aliphatic heterocycles. The van der Waals surface area contributed by atoms with Gasteiger partial charge in [-0.3, -0.25) is 9.59 Å². The Bertz CT molecular complexity index is 1780. The summed E-state index contributed by atoms with van der Waals surface area (Å²) in [6, 6.07) is 13.4. The van der Waals surface area contributed by atoms with Crippen molar-refractivity contribution in [2.45, 2.75) is 122 Å². The lowest BCUT2D eigenvalue weighted by Crippen LogP contribution is -2.28. The fourth-order valence-electron chi connectivity index (χ4n) is 8.19. The normalized spacial score (nSPS) is 21.2. The molecule has 0 aromatic heterocycles. The number of fused-ring (bicyclic) bond motifs is 2. The first-order valence-corrected chi connectivity index (χ1v) is 18.4. The molecule has 1 atom stereocenters. The first kappa shape index (κ1) is 36.6. The van der Waals surface area contributed by atoms with E-state index in [4.69, 9.17) is 11.6 Å². The van der Waals surface area contributed by atoms with Gasteiger partial charge in [0.25, 0.3) is 0 Å². The second-order valence-corrected chi connectivity index (χ2v) is 15.7. The third kappa shape index (κ3) is 7.88. The highest BCUT2D eigenvalue weighted by atomic mass is 35.5. The van der Waals surface area contributed by atoms with Crippen LogP contribution in [0.2, 0.25) is 0 Å². The molecule has 5 rings (SSSR count). The standard InChI is InChI=1S/C43H52ClNO4/c1-28-17-21-33-32(14-7-8-15-39(46)47)34(42(3,4)35(33)26-28)22-19-30-12-11-13-31(41(30)44)20-24-38-43(5,6)36-27-29(2)18-23-37(36)45(38)25-10-9-16-40(48)49/h17-24,26-27,32H,7-16,25H2,1-6H3,(H-,46,47,48,49)/p+1/b24-20+,30-19+,34-22+. The smallest absolute Gasteiger partial charge is 0.303 e. The average Bonchev–Trinajstić information content (AvgIpc) is 3.37. The topological polar surface area (TPSA) is 77.6 Å². The van der Waals surface area contributed by atoms with Crippen LogP contribution in [-0.4, -0.2) is 39.0 Å². The number of carboxylic acids is 2. The lowest BCUT2D eigenvalue weighted by molar-refractivity contribution is -0.438. The van der Waals surface area contributed by atoms with E-state index in [0.29, 0.717) is 12.8 Å². The van der Waals surface area contributed by atoms with E-state index in [-0.39, 0.29) is 29.6 Å². The Kier molecular flexibility index (Phi) is 11.2. The van der Waals surface area contributed by atoms with E-state index < -0.39 is 11.9 Å². The van der Waals surface area contributed by atoms with Gasteiger partial charge in [0.1, 0.15) is 6.54 Å². The van der Waals surface area contributed by atoms with Crippen molar-refractivity contribution in [2.75, 3.05) is 6.54 Å². The zero-order chi connectivity index (χ0) is 35.5. The van der Waals surface area contributed by atoms with Crippen molar-refractivity contribution in [3.63, 3.8) is 0 Å². The summed E-state index contributed by atoms with van der Waals surface area (Å²) in [6.45, 7) is 14.2. The number of benzene rings is 2. The van der Waals surface area contributed by atoms with Crippen molar-refractivity contribution in [2.24, 2.45) is 0 Å². The van der Waals surface area contributed by atoms with Crippen molar-refractivity contribution in [1.29, 1.82) is 0 Å². The summed E-state index contributed by atoms with van der Waals surface area (Å²) in [7, 11) is 0. The molecular formula is C43H53ClNO4+. The van der Waals surface area contributed by atoms with E-state index in [9.17, 15) is 19.8 Å². The summed E-state index contributed by atoms with van der Waals surface area (Å²) in [6.07, 6.45) is 16.2. The molecular weight excluding hydrogens is 630 g/mol. The highest BCUT2D eigenvalue weighted by Crippen LogP contribution is 2.52. The van der Waals surface area contributed by atoms with Gasteiger partial charge in [-0.2, -0.15) is 4.58 Å². The molecule has 2 aromatic carbocycles. The summed E-state index contributed by atoms with van der Waals surface area (Å²) in [5.74, 6) is -1.22. The Hall–Kier alpha value is -3.70. The molecule has 0 bridgehead atoms. The Labute approximate surface area is 297 Å². The van der Waals surface area contributed by atoms with Gasteiger partial charge >= 0.3 is 11.9 Å². The van der Waals surface area contributed by atoms with Crippen LogP contribution in [0.15, 0.2) is 82.5 Å². The van der Waals surface area contributed by atoms with Crippen molar-refractivity contribution < 1.29 is 24.4 Å². The number of halogens is 1. The highest BCUT2D eigenvalue weighted by molar-refractivity contribution is 6.32. The number of hydrogen-bond acceptors (Lipinski definition) is 2. The maximum Gasteiger partial charge on any atom is 0.303 e. The SMILES string of the molecule is Cc1ccc2c(c1)C(C)(C)C(/C=C/C1=C(Cl)C(=C/C=C3\C(CCCCC(=O)O)c4ccc(C)cc4C3(C)C)/CCC1)=[N+]2CCCCC(=O)O. The molecule has 49 heavy (non-hydrogen) atoms. The number of aryl methyl sites for hydroxylation is 2. The molecule has 2 N–H and O–H groups in total. The molecule has 260 valence electrons. The van der Waals surface area contributed by atoms with Gasteiger partial charge in [-0.05, 0) is 94.6 Å². The van der Waals surface area contributed by atoms with E-state index in [1.54, 1.807) is 0 Å². The summed E-state index contributed by atoms with van der Waals surface area (Å²) in [5, 5.41) is 19.2. The maximum atomic E-state index is 11.2. The minimum atomic E-state index is -0.748. The minimum Gasteiger partial charge on any atom is -0.481 e. The number of carboxylic acid groups (broad SMARTS) is 2. The number of allylic oxidation sites excluding steroid dienone is 8. The fourth-order valence-corrected chi connectivity index (χ4v) is 8.50. The Morgan fingerprint density at radius 1 is 0.837 bits per heavy atom. The van der Waals surface area contributed by atoms with Crippen LogP contribution in [0.4, 0.5) is 5.69 Å². The molecule has 2 aromatic rings. The third-order valence-corrected chi connectivity index (χ3v) is 11.4. The predicted octanol–water partition coefficient (Wildman–Crippen LogP) is 10.7. The first-order chi connectivity index (χ1) is 23.2. The zero-order valence-corrected chi connectivity index (χ0v) is 30.9. The third-order valence-electron chi connectivity index (χ3n) is 10.9. The quantitative estimate of drug-likeness (QED) is 0.163. The monoisotopic (exact) mass is 682 g/mol. The summed E-state index contributed by atoms with van der Waals surface area (Å²) in [5.41, 5.74) is 12.3.